The van der Waals surface area contributed by atoms with Crippen molar-refractivity contribution in [2.75, 3.05) is 19.8 Å². The Morgan fingerprint density at radius 2 is 1.94 bits per heavy atom. The van der Waals surface area contributed by atoms with Gasteiger partial charge in [0, 0.05) is 19.3 Å². The molecule has 2 N–H and O–H groups in total. The second kappa shape index (κ2) is 8.97. The highest BCUT2D eigenvalue weighted by molar-refractivity contribution is 4.77. The van der Waals surface area contributed by atoms with Crippen LogP contribution in [0.1, 0.15) is 51.9 Å². The molecule has 1 rings (SSSR count). The Hall–Kier alpha value is -0.120. The van der Waals surface area contributed by atoms with Gasteiger partial charge >= 0.3 is 0 Å². The number of hydrogen-bond donors (Lipinski definition) is 2. The smallest absolute Gasteiger partial charge is 0.0576 e. The van der Waals surface area contributed by atoms with E-state index in [9.17, 15) is 0 Å². The summed E-state index contributed by atoms with van der Waals surface area (Å²) in [6, 6.07) is 0.720. The molecule has 3 nitrogen and oxygen atoms in total. The van der Waals surface area contributed by atoms with Gasteiger partial charge in [-0.15, -0.1) is 0 Å². The molecular formula is C13H27NO2. The highest BCUT2D eigenvalue weighted by atomic mass is 16.5. The van der Waals surface area contributed by atoms with E-state index in [1.54, 1.807) is 0 Å². The molecule has 0 aliphatic heterocycles. The molecule has 16 heavy (non-hydrogen) atoms. The molecule has 0 aromatic carbocycles. The van der Waals surface area contributed by atoms with Crippen LogP contribution < -0.4 is 5.32 Å². The fourth-order valence-electron chi connectivity index (χ4n) is 2.25. The predicted molar refractivity (Wildman–Crippen MR) is 66.6 cm³/mol. The van der Waals surface area contributed by atoms with Crippen LogP contribution in [0.15, 0.2) is 0 Å². The lowest BCUT2D eigenvalue weighted by molar-refractivity contribution is 0.0193. The maximum absolute atomic E-state index is 8.66. The van der Waals surface area contributed by atoms with Crippen molar-refractivity contribution in [1.29, 1.82) is 0 Å². The Morgan fingerprint density at radius 1 is 1.19 bits per heavy atom. The summed E-state index contributed by atoms with van der Waals surface area (Å²) in [6.45, 7) is 4.46. The van der Waals surface area contributed by atoms with Crippen LogP contribution in [-0.4, -0.2) is 37.0 Å². The van der Waals surface area contributed by atoms with Crippen molar-refractivity contribution >= 4 is 0 Å². The van der Waals surface area contributed by atoms with Gasteiger partial charge in [0.15, 0.2) is 0 Å². The minimum atomic E-state index is 0.289. The normalized spacial score (nSPS) is 25.9. The van der Waals surface area contributed by atoms with Crippen LogP contribution in [0.4, 0.5) is 0 Å². The van der Waals surface area contributed by atoms with Gasteiger partial charge in [0.1, 0.15) is 0 Å². The third-order valence-corrected chi connectivity index (χ3v) is 3.26. The number of aliphatic hydroxyl groups excluding tert-OH is 1. The van der Waals surface area contributed by atoms with Gasteiger partial charge in [0.2, 0.25) is 0 Å². The molecule has 0 bridgehead atoms. The molecule has 0 aromatic rings. The zero-order valence-corrected chi connectivity index (χ0v) is 10.6. The van der Waals surface area contributed by atoms with Gasteiger partial charge in [0.25, 0.3) is 0 Å². The fraction of sp³-hybridized carbons (Fsp3) is 1.00. The first-order valence-electron chi connectivity index (χ1n) is 6.82. The molecule has 3 heteroatoms. The molecule has 0 radical (unpaired) electrons. The number of rotatable bonds is 8. The van der Waals surface area contributed by atoms with Gasteiger partial charge in [-0.1, -0.05) is 6.92 Å². The van der Waals surface area contributed by atoms with Crippen molar-refractivity contribution in [3.05, 3.63) is 0 Å². The lowest BCUT2D eigenvalue weighted by Crippen LogP contribution is -2.35. The van der Waals surface area contributed by atoms with E-state index in [2.05, 4.69) is 12.2 Å². The van der Waals surface area contributed by atoms with E-state index in [1.807, 2.05) is 0 Å². The molecule has 0 spiro atoms. The summed E-state index contributed by atoms with van der Waals surface area (Å²) in [5.41, 5.74) is 0. The van der Waals surface area contributed by atoms with Gasteiger partial charge in [-0.25, -0.2) is 0 Å². The van der Waals surface area contributed by atoms with Gasteiger partial charge < -0.3 is 15.2 Å². The third-order valence-electron chi connectivity index (χ3n) is 3.26. The second-order valence-electron chi connectivity index (χ2n) is 4.73. The van der Waals surface area contributed by atoms with Crippen molar-refractivity contribution in [1.82, 2.24) is 5.32 Å². The Morgan fingerprint density at radius 3 is 2.56 bits per heavy atom. The standard InChI is InChI=1S/C13H27NO2/c1-2-9-14-12-5-7-13(8-6-12)16-11-4-3-10-15/h12-15H,2-11H2,1H3. The van der Waals surface area contributed by atoms with Crippen LogP contribution in [0, 0.1) is 0 Å². The van der Waals surface area contributed by atoms with Crippen molar-refractivity contribution in [2.45, 2.75) is 64.0 Å². The van der Waals surface area contributed by atoms with Crippen molar-refractivity contribution in [3.63, 3.8) is 0 Å². The predicted octanol–water partition coefficient (Wildman–Crippen LogP) is 2.09. The number of hydrogen-bond acceptors (Lipinski definition) is 3. The van der Waals surface area contributed by atoms with Gasteiger partial charge in [0.05, 0.1) is 6.10 Å². The maximum atomic E-state index is 8.66. The summed E-state index contributed by atoms with van der Waals surface area (Å²) in [7, 11) is 0. The summed E-state index contributed by atoms with van der Waals surface area (Å²) in [4.78, 5) is 0. The molecule has 0 heterocycles. The van der Waals surface area contributed by atoms with E-state index < -0.39 is 0 Å². The van der Waals surface area contributed by atoms with Crippen molar-refractivity contribution in [3.8, 4) is 0 Å². The Labute approximate surface area is 99.6 Å². The third kappa shape index (κ3) is 5.83. The summed E-state index contributed by atoms with van der Waals surface area (Å²) in [5, 5.41) is 12.2. The van der Waals surface area contributed by atoms with Gasteiger partial charge in [-0.3, -0.25) is 0 Å². The molecule has 96 valence electrons. The molecule has 0 amide bonds. The topological polar surface area (TPSA) is 41.5 Å². The van der Waals surface area contributed by atoms with E-state index in [1.165, 1.54) is 32.1 Å². The average molecular weight is 229 g/mol. The molecule has 0 aromatic heterocycles. The SMILES string of the molecule is CCCNC1CCC(OCCCCO)CC1. The molecule has 0 unspecified atom stereocenters. The largest absolute Gasteiger partial charge is 0.396 e. The molecule has 0 atom stereocenters. The van der Waals surface area contributed by atoms with E-state index in [4.69, 9.17) is 9.84 Å². The van der Waals surface area contributed by atoms with Crippen molar-refractivity contribution in [2.24, 2.45) is 0 Å². The zero-order chi connectivity index (χ0) is 11.6. The molecule has 1 aliphatic carbocycles. The van der Waals surface area contributed by atoms with Crippen LogP contribution in [-0.2, 0) is 4.74 Å². The second-order valence-corrected chi connectivity index (χ2v) is 4.73. The first-order chi connectivity index (χ1) is 7.86. The van der Waals surface area contributed by atoms with E-state index in [-0.39, 0.29) is 6.61 Å². The Balaban J connectivity index is 1.98. The lowest BCUT2D eigenvalue weighted by Gasteiger charge is -2.29. The van der Waals surface area contributed by atoms with Crippen LogP contribution >= 0.6 is 0 Å². The summed E-state index contributed by atoms with van der Waals surface area (Å²) < 4.78 is 5.80. The summed E-state index contributed by atoms with van der Waals surface area (Å²) in [6.07, 6.45) is 8.45. The number of ether oxygens (including phenoxy) is 1. The molecule has 1 aliphatic rings. The summed E-state index contributed by atoms with van der Waals surface area (Å²) >= 11 is 0. The Kier molecular flexibility index (Phi) is 7.81. The number of unbranched alkanes of at least 4 members (excludes halogenated alkanes) is 1. The Bertz CT molecular complexity index is 156. The minimum Gasteiger partial charge on any atom is -0.396 e. The highest BCUT2D eigenvalue weighted by Crippen LogP contribution is 2.21. The van der Waals surface area contributed by atoms with E-state index in [0.717, 1.165) is 32.0 Å². The molecule has 1 fully saturated rings. The quantitative estimate of drug-likeness (QED) is 0.626. The van der Waals surface area contributed by atoms with Crippen LogP contribution in [0.25, 0.3) is 0 Å². The zero-order valence-electron chi connectivity index (χ0n) is 10.6. The first-order valence-corrected chi connectivity index (χ1v) is 6.82. The molecule has 1 saturated carbocycles. The number of aliphatic hydroxyl groups is 1. The summed E-state index contributed by atoms with van der Waals surface area (Å²) in [5.74, 6) is 0. The highest BCUT2D eigenvalue weighted by Gasteiger charge is 2.20. The minimum absolute atomic E-state index is 0.289. The van der Waals surface area contributed by atoms with E-state index >= 15 is 0 Å². The van der Waals surface area contributed by atoms with Gasteiger partial charge in [-0.05, 0) is 51.5 Å². The van der Waals surface area contributed by atoms with E-state index in [0.29, 0.717) is 6.10 Å². The first kappa shape index (κ1) is 13.9. The molecular weight excluding hydrogens is 202 g/mol. The van der Waals surface area contributed by atoms with Gasteiger partial charge in [-0.2, -0.15) is 0 Å². The molecule has 0 saturated heterocycles. The maximum Gasteiger partial charge on any atom is 0.0576 e. The monoisotopic (exact) mass is 229 g/mol. The van der Waals surface area contributed by atoms with Crippen LogP contribution in [0.2, 0.25) is 0 Å². The average Bonchev–Trinajstić information content (AvgIpc) is 2.33. The van der Waals surface area contributed by atoms with Crippen LogP contribution in [0.3, 0.4) is 0 Å². The number of nitrogens with one attached hydrogen (secondary N) is 1. The lowest BCUT2D eigenvalue weighted by atomic mass is 9.93. The van der Waals surface area contributed by atoms with Crippen LogP contribution in [0.5, 0.6) is 0 Å². The fourth-order valence-corrected chi connectivity index (χ4v) is 2.25. The van der Waals surface area contributed by atoms with Crippen molar-refractivity contribution < 1.29 is 9.84 Å².